The Balaban J connectivity index is 2.66. The molecule has 3 heteroatoms. The minimum atomic E-state index is -0.760. The van der Waals surface area contributed by atoms with Crippen LogP contribution in [-0.4, -0.2) is 24.8 Å². The van der Waals surface area contributed by atoms with Gasteiger partial charge in [-0.2, -0.15) is 0 Å². The number of ether oxygens (including phenoxy) is 1. The number of rotatable bonds is 7. The lowest BCUT2D eigenvalue weighted by molar-refractivity contribution is -0.138. The van der Waals surface area contributed by atoms with Gasteiger partial charge in [0.2, 0.25) is 0 Å². The fraction of sp³-hybridized carbons (Fsp3) is 0.533. The first-order valence-corrected chi connectivity index (χ1v) is 6.26. The van der Waals surface area contributed by atoms with E-state index in [-0.39, 0.29) is 11.8 Å². The molecule has 1 rings (SSSR count). The molecule has 1 N–H and O–H groups in total. The van der Waals surface area contributed by atoms with E-state index < -0.39 is 5.97 Å². The summed E-state index contributed by atoms with van der Waals surface area (Å²) in [4.78, 5) is 10.8. The average molecular weight is 250 g/mol. The van der Waals surface area contributed by atoms with Gasteiger partial charge in [-0.3, -0.25) is 4.79 Å². The van der Waals surface area contributed by atoms with Gasteiger partial charge in [0, 0.05) is 19.1 Å². The summed E-state index contributed by atoms with van der Waals surface area (Å²) in [6.07, 6.45) is 2.15. The van der Waals surface area contributed by atoms with E-state index in [2.05, 4.69) is 12.1 Å². The molecular formula is C15H22O3. The van der Waals surface area contributed by atoms with Gasteiger partial charge in [-0.25, -0.2) is 0 Å². The minimum absolute atomic E-state index is 0.149. The number of carboxylic acid groups (broad SMARTS) is 1. The minimum Gasteiger partial charge on any atom is -0.481 e. The lowest BCUT2D eigenvalue weighted by Gasteiger charge is -2.23. The van der Waals surface area contributed by atoms with Crippen LogP contribution in [0.5, 0.6) is 0 Å². The number of aliphatic carboxylic acids is 1. The van der Waals surface area contributed by atoms with Crippen LogP contribution in [0.4, 0.5) is 0 Å². The first-order valence-electron chi connectivity index (χ1n) is 6.26. The first-order chi connectivity index (χ1) is 8.45. The second-order valence-electron chi connectivity index (χ2n) is 5.25. The van der Waals surface area contributed by atoms with E-state index in [0.29, 0.717) is 0 Å². The highest BCUT2D eigenvalue weighted by Crippen LogP contribution is 2.27. The lowest BCUT2D eigenvalue weighted by atomic mass is 9.81. The van der Waals surface area contributed by atoms with Gasteiger partial charge < -0.3 is 9.84 Å². The molecule has 0 amide bonds. The van der Waals surface area contributed by atoms with Gasteiger partial charge in [-0.15, -0.1) is 0 Å². The third-order valence-electron chi connectivity index (χ3n) is 3.14. The molecule has 1 aromatic carbocycles. The number of aryl methyl sites for hydroxylation is 1. The molecule has 0 aliphatic carbocycles. The van der Waals surface area contributed by atoms with Crippen LogP contribution in [0.15, 0.2) is 24.3 Å². The predicted molar refractivity (Wildman–Crippen MR) is 71.9 cm³/mol. The molecular weight excluding hydrogens is 228 g/mol. The van der Waals surface area contributed by atoms with Crippen LogP contribution >= 0.6 is 0 Å². The van der Waals surface area contributed by atoms with Gasteiger partial charge in [0.25, 0.3) is 0 Å². The highest BCUT2D eigenvalue weighted by molar-refractivity contribution is 5.68. The zero-order chi connectivity index (χ0) is 13.6. The summed E-state index contributed by atoms with van der Waals surface area (Å²) in [6.45, 7) is 4.69. The smallest absolute Gasteiger partial charge is 0.304 e. The summed E-state index contributed by atoms with van der Waals surface area (Å²) in [5, 5.41) is 8.89. The quantitative estimate of drug-likeness (QED) is 0.757. The van der Waals surface area contributed by atoms with Crippen LogP contribution in [0.25, 0.3) is 0 Å². The standard InChI is InChI=1S/C15H22O3/c1-15(2,11-14(16)17)13-8-6-12(7-9-13)5-4-10-18-3/h6-9H,4-5,10-11H2,1-3H3,(H,16,17). The van der Waals surface area contributed by atoms with Gasteiger partial charge in [0.15, 0.2) is 0 Å². The van der Waals surface area contributed by atoms with Crippen molar-refractivity contribution in [3.63, 3.8) is 0 Å². The number of methoxy groups -OCH3 is 1. The Hall–Kier alpha value is -1.35. The number of hydrogen-bond acceptors (Lipinski definition) is 2. The number of benzene rings is 1. The third-order valence-corrected chi connectivity index (χ3v) is 3.14. The summed E-state index contributed by atoms with van der Waals surface area (Å²) in [5.41, 5.74) is 2.01. The van der Waals surface area contributed by atoms with E-state index in [9.17, 15) is 4.79 Å². The van der Waals surface area contributed by atoms with Crippen LogP contribution in [0.1, 0.15) is 37.8 Å². The van der Waals surface area contributed by atoms with Crippen molar-refractivity contribution >= 4 is 5.97 Å². The van der Waals surface area contributed by atoms with Crippen LogP contribution in [-0.2, 0) is 21.4 Å². The van der Waals surface area contributed by atoms with Crippen LogP contribution < -0.4 is 0 Å². The maximum absolute atomic E-state index is 10.8. The molecule has 0 heterocycles. The number of carboxylic acids is 1. The van der Waals surface area contributed by atoms with Crippen LogP contribution in [0.3, 0.4) is 0 Å². The molecule has 18 heavy (non-hydrogen) atoms. The topological polar surface area (TPSA) is 46.5 Å². The van der Waals surface area contributed by atoms with Crippen molar-refractivity contribution in [2.75, 3.05) is 13.7 Å². The van der Waals surface area contributed by atoms with Crippen molar-refractivity contribution in [1.82, 2.24) is 0 Å². The van der Waals surface area contributed by atoms with Gasteiger partial charge >= 0.3 is 5.97 Å². The summed E-state index contributed by atoms with van der Waals surface area (Å²) in [7, 11) is 1.71. The fourth-order valence-corrected chi connectivity index (χ4v) is 2.02. The molecule has 0 aliphatic heterocycles. The molecule has 0 aliphatic rings. The van der Waals surface area contributed by atoms with Crippen molar-refractivity contribution in [3.8, 4) is 0 Å². The van der Waals surface area contributed by atoms with Crippen LogP contribution in [0, 0.1) is 0 Å². The Morgan fingerprint density at radius 1 is 1.28 bits per heavy atom. The van der Waals surface area contributed by atoms with Crippen molar-refractivity contribution in [1.29, 1.82) is 0 Å². The van der Waals surface area contributed by atoms with Crippen LogP contribution in [0.2, 0.25) is 0 Å². The number of carbonyl (C=O) groups is 1. The second kappa shape index (κ2) is 6.55. The fourth-order valence-electron chi connectivity index (χ4n) is 2.02. The van der Waals surface area contributed by atoms with E-state index in [1.54, 1.807) is 7.11 Å². The lowest BCUT2D eigenvalue weighted by Crippen LogP contribution is -2.21. The largest absolute Gasteiger partial charge is 0.481 e. The van der Waals surface area contributed by atoms with E-state index >= 15 is 0 Å². The molecule has 0 bridgehead atoms. The molecule has 0 aromatic heterocycles. The maximum atomic E-state index is 10.8. The average Bonchev–Trinajstić information content (AvgIpc) is 2.28. The van der Waals surface area contributed by atoms with Crippen molar-refractivity contribution in [2.24, 2.45) is 0 Å². The van der Waals surface area contributed by atoms with Gasteiger partial charge in [0.1, 0.15) is 0 Å². The SMILES string of the molecule is COCCCc1ccc(C(C)(C)CC(=O)O)cc1. The first kappa shape index (κ1) is 14.7. The molecule has 0 fully saturated rings. The molecule has 100 valence electrons. The highest BCUT2D eigenvalue weighted by Gasteiger charge is 2.23. The number of hydrogen-bond donors (Lipinski definition) is 1. The predicted octanol–water partition coefficient (Wildman–Crippen LogP) is 3.02. The van der Waals surface area contributed by atoms with Crippen molar-refractivity contribution in [3.05, 3.63) is 35.4 Å². The zero-order valence-electron chi connectivity index (χ0n) is 11.4. The molecule has 0 saturated carbocycles. The van der Waals surface area contributed by atoms with Crippen molar-refractivity contribution in [2.45, 2.75) is 38.5 Å². The summed E-state index contributed by atoms with van der Waals surface area (Å²) in [5.74, 6) is -0.760. The van der Waals surface area contributed by atoms with Gasteiger partial charge in [-0.05, 0) is 24.0 Å². The normalized spacial score (nSPS) is 11.5. The summed E-state index contributed by atoms with van der Waals surface area (Å²) in [6, 6.07) is 8.22. The van der Waals surface area contributed by atoms with E-state index in [1.165, 1.54) is 5.56 Å². The molecule has 1 aromatic rings. The Morgan fingerprint density at radius 3 is 2.39 bits per heavy atom. The Labute approximate surface area is 109 Å². The molecule has 0 spiro atoms. The Bertz CT molecular complexity index is 379. The molecule has 3 nitrogen and oxygen atoms in total. The van der Waals surface area contributed by atoms with E-state index in [4.69, 9.17) is 9.84 Å². The molecule has 0 saturated heterocycles. The van der Waals surface area contributed by atoms with Crippen molar-refractivity contribution < 1.29 is 14.6 Å². The van der Waals surface area contributed by atoms with Gasteiger partial charge in [0.05, 0.1) is 6.42 Å². The van der Waals surface area contributed by atoms with Gasteiger partial charge in [-0.1, -0.05) is 38.1 Å². The third kappa shape index (κ3) is 4.49. The zero-order valence-corrected chi connectivity index (χ0v) is 11.4. The highest BCUT2D eigenvalue weighted by atomic mass is 16.5. The maximum Gasteiger partial charge on any atom is 0.304 e. The summed E-state index contributed by atoms with van der Waals surface area (Å²) < 4.78 is 5.02. The summed E-state index contributed by atoms with van der Waals surface area (Å²) >= 11 is 0. The van der Waals surface area contributed by atoms with E-state index in [1.807, 2.05) is 26.0 Å². The molecule has 0 unspecified atom stereocenters. The second-order valence-corrected chi connectivity index (χ2v) is 5.25. The molecule has 0 atom stereocenters. The molecule has 0 radical (unpaired) electrons. The Morgan fingerprint density at radius 2 is 1.89 bits per heavy atom. The monoisotopic (exact) mass is 250 g/mol. The van der Waals surface area contributed by atoms with E-state index in [0.717, 1.165) is 25.0 Å². The Kier molecular flexibility index (Phi) is 5.35.